The van der Waals surface area contributed by atoms with Crippen molar-refractivity contribution in [3.05, 3.63) is 76.3 Å². The number of hydrogen-bond donors (Lipinski definition) is 0. The molecule has 0 amide bonds. The minimum atomic E-state index is -0.292. The van der Waals surface area contributed by atoms with Crippen molar-refractivity contribution in [2.45, 2.75) is 26.4 Å². The molecule has 28 heavy (non-hydrogen) atoms. The fourth-order valence-corrected chi connectivity index (χ4v) is 3.84. The van der Waals surface area contributed by atoms with Gasteiger partial charge in [0.1, 0.15) is 22.3 Å². The summed E-state index contributed by atoms with van der Waals surface area (Å²) in [4.78, 5) is 6.63. The molecule has 1 aromatic carbocycles. The van der Waals surface area contributed by atoms with Crippen molar-refractivity contribution in [3.63, 3.8) is 0 Å². The van der Waals surface area contributed by atoms with Crippen LogP contribution in [0.5, 0.6) is 0 Å². The first kappa shape index (κ1) is 18.6. The number of hydrogen-bond acceptors (Lipinski definition) is 5. The number of halogens is 1. The van der Waals surface area contributed by atoms with E-state index in [4.69, 9.17) is 9.52 Å². The third-order valence-corrected chi connectivity index (χ3v) is 5.67. The average Bonchev–Trinajstić information content (AvgIpc) is 3.41. The number of thiazole rings is 1. The lowest BCUT2D eigenvalue weighted by atomic mass is 10.2. The summed E-state index contributed by atoms with van der Waals surface area (Å²) in [5, 5.41) is 7.75. The molecular formula is C21H21FN4OS. The molecule has 0 radical (unpaired) electrons. The summed E-state index contributed by atoms with van der Waals surface area (Å²) in [6.07, 6.45) is 3.76. The normalized spacial score (nSPS) is 12.6. The fourth-order valence-electron chi connectivity index (χ4n) is 3.08. The Balaban J connectivity index is 1.70. The van der Waals surface area contributed by atoms with Crippen LogP contribution in [0.2, 0.25) is 0 Å². The molecule has 0 aliphatic rings. The third kappa shape index (κ3) is 3.76. The van der Waals surface area contributed by atoms with Crippen LogP contribution < -0.4 is 0 Å². The van der Waals surface area contributed by atoms with Crippen LogP contribution in [0.25, 0.3) is 17.1 Å². The molecule has 4 aromatic rings. The van der Waals surface area contributed by atoms with Crippen LogP contribution in [-0.2, 0) is 6.54 Å². The van der Waals surface area contributed by atoms with Crippen LogP contribution >= 0.6 is 11.3 Å². The molecule has 0 unspecified atom stereocenters. The quantitative estimate of drug-likeness (QED) is 0.448. The van der Waals surface area contributed by atoms with Crippen molar-refractivity contribution in [3.8, 4) is 17.1 Å². The molecule has 0 saturated heterocycles. The molecule has 0 N–H and O–H groups in total. The van der Waals surface area contributed by atoms with Crippen molar-refractivity contribution in [1.29, 1.82) is 0 Å². The molecule has 0 aliphatic heterocycles. The highest BCUT2D eigenvalue weighted by Gasteiger charge is 2.20. The standard InChI is InChI=1S/C21H21FN4OS/c1-14-7-8-19(27-14)20-16(12-25(3)15(2)21-23-9-10-28-21)13-26(24-20)18-6-4-5-17(22)11-18/h4-11,13,15H,12H2,1-3H3/t15-/m0/s1. The van der Waals surface area contributed by atoms with Gasteiger partial charge in [0.15, 0.2) is 5.76 Å². The molecule has 0 spiro atoms. The molecule has 0 saturated carbocycles. The second-order valence-electron chi connectivity index (χ2n) is 6.80. The van der Waals surface area contributed by atoms with Crippen LogP contribution in [0.1, 0.15) is 29.3 Å². The van der Waals surface area contributed by atoms with Gasteiger partial charge >= 0.3 is 0 Å². The van der Waals surface area contributed by atoms with E-state index in [1.54, 1.807) is 22.1 Å². The predicted octanol–water partition coefficient (Wildman–Crippen LogP) is 5.23. The van der Waals surface area contributed by atoms with Gasteiger partial charge in [-0.3, -0.25) is 4.90 Å². The van der Waals surface area contributed by atoms with Gasteiger partial charge < -0.3 is 4.42 Å². The highest BCUT2D eigenvalue weighted by atomic mass is 32.1. The van der Waals surface area contributed by atoms with Crippen LogP contribution in [0, 0.1) is 12.7 Å². The van der Waals surface area contributed by atoms with E-state index < -0.39 is 0 Å². The molecular weight excluding hydrogens is 375 g/mol. The Morgan fingerprint density at radius 1 is 1.29 bits per heavy atom. The van der Waals surface area contributed by atoms with Gasteiger partial charge in [-0.25, -0.2) is 14.1 Å². The molecule has 0 fully saturated rings. The van der Waals surface area contributed by atoms with Gasteiger partial charge in [-0.2, -0.15) is 5.10 Å². The predicted molar refractivity (Wildman–Crippen MR) is 108 cm³/mol. The number of furan rings is 1. The number of benzene rings is 1. The minimum Gasteiger partial charge on any atom is -0.460 e. The Kier molecular flexibility index (Phi) is 5.11. The summed E-state index contributed by atoms with van der Waals surface area (Å²) in [7, 11) is 2.06. The maximum atomic E-state index is 13.7. The van der Waals surface area contributed by atoms with E-state index in [0.29, 0.717) is 18.0 Å². The Bertz CT molecular complexity index is 1070. The van der Waals surface area contributed by atoms with Crippen molar-refractivity contribution < 1.29 is 8.81 Å². The molecule has 0 bridgehead atoms. The summed E-state index contributed by atoms with van der Waals surface area (Å²) < 4.78 is 21.2. The summed E-state index contributed by atoms with van der Waals surface area (Å²) in [5.74, 6) is 1.24. The number of rotatable bonds is 6. The molecule has 4 rings (SSSR count). The van der Waals surface area contributed by atoms with E-state index >= 15 is 0 Å². The highest BCUT2D eigenvalue weighted by molar-refractivity contribution is 7.09. The number of nitrogens with zero attached hydrogens (tertiary/aromatic N) is 4. The van der Waals surface area contributed by atoms with E-state index in [2.05, 4.69) is 23.9 Å². The third-order valence-electron chi connectivity index (χ3n) is 4.73. The van der Waals surface area contributed by atoms with Crippen LogP contribution in [0.15, 0.2) is 58.6 Å². The summed E-state index contributed by atoms with van der Waals surface area (Å²) >= 11 is 1.64. The minimum absolute atomic E-state index is 0.170. The smallest absolute Gasteiger partial charge is 0.154 e. The van der Waals surface area contributed by atoms with E-state index in [1.165, 1.54) is 12.1 Å². The fraction of sp³-hybridized carbons (Fsp3) is 0.238. The topological polar surface area (TPSA) is 47.1 Å². The van der Waals surface area contributed by atoms with Gasteiger partial charge in [0.05, 0.1) is 11.7 Å². The van der Waals surface area contributed by atoms with Gasteiger partial charge in [-0.15, -0.1) is 11.3 Å². The van der Waals surface area contributed by atoms with Crippen molar-refractivity contribution in [1.82, 2.24) is 19.7 Å². The molecule has 3 aromatic heterocycles. The largest absolute Gasteiger partial charge is 0.460 e. The van der Waals surface area contributed by atoms with Gasteiger partial charge in [0, 0.05) is 29.9 Å². The lowest BCUT2D eigenvalue weighted by Crippen LogP contribution is -2.21. The van der Waals surface area contributed by atoms with E-state index in [1.807, 2.05) is 42.9 Å². The first-order valence-electron chi connectivity index (χ1n) is 9.02. The maximum Gasteiger partial charge on any atom is 0.154 e. The van der Waals surface area contributed by atoms with Crippen LogP contribution in [0.4, 0.5) is 4.39 Å². The Morgan fingerprint density at radius 3 is 2.82 bits per heavy atom. The zero-order valence-corrected chi connectivity index (χ0v) is 16.8. The van der Waals surface area contributed by atoms with Gasteiger partial charge in [0.25, 0.3) is 0 Å². The molecule has 144 valence electrons. The molecule has 5 nitrogen and oxygen atoms in total. The Hall–Kier alpha value is -2.77. The zero-order valence-electron chi connectivity index (χ0n) is 16.0. The second-order valence-corrected chi connectivity index (χ2v) is 7.73. The highest BCUT2D eigenvalue weighted by Crippen LogP contribution is 2.29. The lowest BCUT2D eigenvalue weighted by Gasteiger charge is -2.22. The monoisotopic (exact) mass is 396 g/mol. The van der Waals surface area contributed by atoms with Crippen LogP contribution in [-0.4, -0.2) is 26.7 Å². The van der Waals surface area contributed by atoms with E-state index in [0.717, 1.165) is 22.0 Å². The first-order valence-corrected chi connectivity index (χ1v) is 9.90. The summed E-state index contributed by atoms with van der Waals surface area (Å²) in [6, 6.07) is 10.4. The zero-order chi connectivity index (χ0) is 19.7. The molecule has 1 atom stereocenters. The summed E-state index contributed by atoms with van der Waals surface area (Å²) in [5.41, 5.74) is 2.44. The molecule has 0 aliphatic carbocycles. The van der Waals surface area contributed by atoms with Gasteiger partial charge in [-0.05, 0) is 51.2 Å². The van der Waals surface area contributed by atoms with E-state index in [-0.39, 0.29) is 11.9 Å². The summed E-state index contributed by atoms with van der Waals surface area (Å²) in [6.45, 7) is 4.70. The van der Waals surface area contributed by atoms with Crippen molar-refractivity contribution in [2.24, 2.45) is 0 Å². The second kappa shape index (κ2) is 7.69. The first-order chi connectivity index (χ1) is 13.5. The Morgan fingerprint density at radius 2 is 2.14 bits per heavy atom. The number of aryl methyl sites for hydroxylation is 1. The SMILES string of the molecule is Cc1ccc(-c2nn(-c3cccc(F)c3)cc2CN(C)[C@@H](C)c2nccs2)o1. The maximum absolute atomic E-state index is 13.7. The Labute approximate surface area is 167 Å². The van der Waals surface area contributed by atoms with Crippen molar-refractivity contribution in [2.75, 3.05) is 7.05 Å². The number of aromatic nitrogens is 3. The van der Waals surface area contributed by atoms with Gasteiger partial charge in [-0.1, -0.05) is 6.07 Å². The lowest BCUT2D eigenvalue weighted by molar-refractivity contribution is 0.252. The molecule has 3 heterocycles. The van der Waals surface area contributed by atoms with Crippen LogP contribution in [0.3, 0.4) is 0 Å². The average molecular weight is 396 g/mol. The van der Waals surface area contributed by atoms with E-state index in [9.17, 15) is 4.39 Å². The van der Waals surface area contributed by atoms with Crippen molar-refractivity contribution >= 4 is 11.3 Å². The molecule has 7 heteroatoms. The van der Waals surface area contributed by atoms with Gasteiger partial charge in [0.2, 0.25) is 0 Å².